The highest BCUT2D eigenvalue weighted by atomic mass is 32.1. The molecule has 0 radical (unpaired) electrons. The maximum Gasteiger partial charge on any atom is 0.266 e. The van der Waals surface area contributed by atoms with Crippen molar-refractivity contribution in [1.29, 1.82) is 0 Å². The fourth-order valence-electron chi connectivity index (χ4n) is 3.52. The molecule has 2 amide bonds. The number of carbonyl (C=O) groups excluding carboxylic acids is 2. The Hall–Kier alpha value is -3.30. The highest BCUT2D eigenvalue weighted by molar-refractivity contribution is 7.11. The van der Waals surface area contributed by atoms with Crippen molar-refractivity contribution >= 4 is 23.2 Å². The Morgan fingerprint density at radius 2 is 1.97 bits per heavy atom. The van der Waals surface area contributed by atoms with E-state index < -0.39 is 0 Å². The number of amides is 2. The SMILES string of the molecule is COc1ccc(CN2C[C@H](OCc3cccnc3)CN(C(=O)c3cncs3)CC2=O)cc1. The number of rotatable bonds is 7. The summed E-state index contributed by atoms with van der Waals surface area (Å²) >= 11 is 1.26. The molecule has 1 atom stereocenters. The van der Waals surface area contributed by atoms with Gasteiger partial charge in [0.25, 0.3) is 5.91 Å². The van der Waals surface area contributed by atoms with E-state index in [4.69, 9.17) is 9.47 Å². The van der Waals surface area contributed by atoms with Crippen molar-refractivity contribution in [3.05, 3.63) is 76.5 Å². The Labute approximate surface area is 190 Å². The third kappa shape index (κ3) is 5.49. The second-order valence-corrected chi connectivity index (χ2v) is 8.35. The van der Waals surface area contributed by atoms with Crippen LogP contribution in [0.3, 0.4) is 0 Å². The van der Waals surface area contributed by atoms with Crippen LogP contribution in [0.4, 0.5) is 0 Å². The summed E-state index contributed by atoms with van der Waals surface area (Å²) in [6.45, 7) is 1.49. The molecule has 0 aliphatic carbocycles. The molecule has 32 heavy (non-hydrogen) atoms. The van der Waals surface area contributed by atoms with Crippen molar-refractivity contribution in [2.45, 2.75) is 19.3 Å². The number of hydrogen-bond acceptors (Lipinski definition) is 7. The summed E-state index contributed by atoms with van der Waals surface area (Å²) < 4.78 is 11.4. The molecule has 3 heterocycles. The van der Waals surface area contributed by atoms with Gasteiger partial charge in [-0.3, -0.25) is 19.6 Å². The Morgan fingerprint density at radius 1 is 1.12 bits per heavy atom. The molecule has 2 aromatic heterocycles. The van der Waals surface area contributed by atoms with Crippen molar-refractivity contribution in [2.24, 2.45) is 0 Å². The normalized spacial score (nSPS) is 16.7. The monoisotopic (exact) mass is 452 g/mol. The quantitative estimate of drug-likeness (QED) is 0.548. The molecule has 1 aromatic carbocycles. The molecular weight excluding hydrogens is 428 g/mol. The predicted molar refractivity (Wildman–Crippen MR) is 119 cm³/mol. The summed E-state index contributed by atoms with van der Waals surface area (Å²) in [5, 5.41) is 0. The van der Waals surface area contributed by atoms with Crippen molar-refractivity contribution in [3.8, 4) is 5.75 Å². The molecule has 8 nitrogen and oxygen atoms in total. The largest absolute Gasteiger partial charge is 0.497 e. The second-order valence-electron chi connectivity index (χ2n) is 7.47. The number of ether oxygens (including phenoxy) is 2. The summed E-state index contributed by atoms with van der Waals surface area (Å²) in [6.07, 6.45) is 4.65. The highest BCUT2D eigenvalue weighted by Gasteiger charge is 2.32. The maximum atomic E-state index is 13.1. The third-order valence-electron chi connectivity index (χ3n) is 5.20. The number of aromatic nitrogens is 2. The smallest absolute Gasteiger partial charge is 0.266 e. The topological polar surface area (TPSA) is 84.9 Å². The molecule has 1 aliphatic rings. The van der Waals surface area contributed by atoms with Crippen LogP contribution in [0.1, 0.15) is 20.8 Å². The minimum Gasteiger partial charge on any atom is -0.497 e. The summed E-state index contributed by atoms with van der Waals surface area (Å²) in [4.78, 5) is 37.9. The number of thiazole rings is 1. The lowest BCUT2D eigenvalue weighted by atomic mass is 10.2. The van der Waals surface area contributed by atoms with Crippen molar-refractivity contribution in [3.63, 3.8) is 0 Å². The zero-order valence-electron chi connectivity index (χ0n) is 17.7. The van der Waals surface area contributed by atoms with Crippen LogP contribution in [0.2, 0.25) is 0 Å². The minimum absolute atomic E-state index is 0.000357. The summed E-state index contributed by atoms with van der Waals surface area (Å²) in [5.74, 6) is 0.434. The van der Waals surface area contributed by atoms with Gasteiger partial charge in [-0.2, -0.15) is 0 Å². The zero-order valence-corrected chi connectivity index (χ0v) is 18.5. The molecule has 166 valence electrons. The van der Waals surface area contributed by atoms with Gasteiger partial charge in [0.05, 0.1) is 31.5 Å². The van der Waals surface area contributed by atoms with Crippen molar-refractivity contribution in [2.75, 3.05) is 26.7 Å². The standard InChI is InChI=1S/C23H24N4O4S/c1-30-19-6-4-17(5-7-19)11-26-12-20(31-15-18-3-2-8-24-9-18)13-27(14-22(26)28)23(29)21-10-25-16-32-21/h2-10,16,20H,11-15H2,1H3/t20-/m0/s1. The number of methoxy groups -OCH3 is 1. The Morgan fingerprint density at radius 3 is 2.66 bits per heavy atom. The van der Waals surface area contributed by atoms with Gasteiger partial charge in [-0.25, -0.2) is 0 Å². The van der Waals surface area contributed by atoms with Gasteiger partial charge in [0.2, 0.25) is 5.91 Å². The first-order valence-corrected chi connectivity index (χ1v) is 11.1. The molecule has 0 bridgehead atoms. The lowest BCUT2D eigenvalue weighted by Crippen LogP contribution is -2.39. The third-order valence-corrected chi connectivity index (χ3v) is 5.96. The van der Waals surface area contributed by atoms with Crippen LogP contribution in [-0.4, -0.2) is 64.4 Å². The molecule has 1 aliphatic heterocycles. The van der Waals surface area contributed by atoms with E-state index in [-0.39, 0.29) is 24.5 Å². The lowest BCUT2D eigenvalue weighted by molar-refractivity contribution is -0.132. The van der Waals surface area contributed by atoms with Gasteiger partial charge in [-0.05, 0) is 29.3 Å². The Balaban J connectivity index is 1.51. The molecule has 4 rings (SSSR count). The van der Waals surface area contributed by atoms with Crippen LogP contribution >= 0.6 is 11.3 Å². The van der Waals surface area contributed by atoms with Crippen LogP contribution < -0.4 is 4.74 Å². The van der Waals surface area contributed by atoms with Crippen LogP contribution in [0.15, 0.2) is 60.5 Å². The van der Waals surface area contributed by atoms with Crippen LogP contribution in [-0.2, 0) is 22.7 Å². The molecule has 9 heteroatoms. The van der Waals surface area contributed by atoms with E-state index in [0.717, 1.165) is 16.9 Å². The number of pyridine rings is 1. The van der Waals surface area contributed by atoms with E-state index in [9.17, 15) is 9.59 Å². The van der Waals surface area contributed by atoms with E-state index in [0.29, 0.717) is 31.1 Å². The second kappa shape index (κ2) is 10.3. The van der Waals surface area contributed by atoms with Gasteiger partial charge >= 0.3 is 0 Å². The number of hydrogen-bond donors (Lipinski definition) is 0. The van der Waals surface area contributed by atoms with Gasteiger partial charge in [-0.1, -0.05) is 18.2 Å². The fraction of sp³-hybridized carbons (Fsp3) is 0.304. The van der Waals surface area contributed by atoms with Gasteiger partial charge in [-0.15, -0.1) is 11.3 Å². The van der Waals surface area contributed by atoms with E-state index in [2.05, 4.69) is 9.97 Å². The van der Waals surface area contributed by atoms with E-state index in [1.54, 1.807) is 34.8 Å². The molecule has 1 saturated heterocycles. The van der Waals surface area contributed by atoms with Crippen LogP contribution in [0.25, 0.3) is 0 Å². The maximum absolute atomic E-state index is 13.1. The first-order valence-electron chi connectivity index (χ1n) is 10.2. The molecule has 1 fully saturated rings. The number of benzene rings is 1. The van der Waals surface area contributed by atoms with E-state index >= 15 is 0 Å². The average molecular weight is 453 g/mol. The van der Waals surface area contributed by atoms with E-state index in [1.165, 1.54) is 17.5 Å². The minimum atomic E-state index is -0.336. The fourth-order valence-corrected chi connectivity index (χ4v) is 4.10. The van der Waals surface area contributed by atoms with Crippen molar-refractivity contribution in [1.82, 2.24) is 19.8 Å². The van der Waals surface area contributed by atoms with Crippen LogP contribution in [0.5, 0.6) is 5.75 Å². The summed E-state index contributed by atoms with van der Waals surface area (Å²) in [5.41, 5.74) is 3.52. The molecule has 0 unspecified atom stereocenters. The predicted octanol–water partition coefficient (Wildman–Crippen LogP) is 2.62. The first-order chi connectivity index (χ1) is 15.6. The van der Waals surface area contributed by atoms with Gasteiger partial charge in [0.1, 0.15) is 17.2 Å². The highest BCUT2D eigenvalue weighted by Crippen LogP contribution is 2.19. The summed E-state index contributed by atoms with van der Waals surface area (Å²) in [7, 11) is 1.62. The molecule has 0 N–H and O–H groups in total. The lowest BCUT2D eigenvalue weighted by Gasteiger charge is -2.25. The van der Waals surface area contributed by atoms with Crippen molar-refractivity contribution < 1.29 is 19.1 Å². The molecule has 3 aromatic rings. The summed E-state index contributed by atoms with van der Waals surface area (Å²) in [6, 6.07) is 11.4. The zero-order chi connectivity index (χ0) is 22.3. The average Bonchev–Trinajstić information content (AvgIpc) is 3.32. The Bertz CT molecular complexity index is 1030. The molecule has 0 saturated carbocycles. The van der Waals surface area contributed by atoms with E-state index in [1.807, 2.05) is 36.4 Å². The number of carbonyl (C=O) groups is 2. The number of nitrogens with zero attached hydrogens (tertiary/aromatic N) is 4. The first kappa shape index (κ1) is 21.9. The van der Waals surface area contributed by atoms with Gasteiger partial charge in [0, 0.05) is 32.0 Å². The van der Waals surface area contributed by atoms with Crippen LogP contribution in [0, 0.1) is 0 Å². The molecule has 0 spiro atoms. The molecular formula is C23H24N4O4S. The van der Waals surface area contributed by atoms with Gasteiger partial charge in [0.15, 0.2) is 0 Å². The van der Waals surface area contributed by atoms with Gasteiger partial charge < -0.3 is 19.3 Å². The Kier molecular flexibility index (Phi) is 7.08.